The summed E-state index contributed by atoms with van der Waals surface area (Å²) < 4.78 is 5.46. The number of nitrogens with one attached hydrogen (secondary N) is 2. The van der Waals surface area contributed by atoms with Crippen LogP contribution >= 0.6 is 0 Å². The monoisotopic (exact) mass is 312 g/mol. The van der Waals surface area contributed by atoms with Gasteiger partial charge in [-0.05, 0) is 37.6 Å². The minimum atomic E-state index is -0.219. The van der Waals surface area contributed by atoms with Gasteiger partial charge in [-0.15, -0.1) is 0 Å². The van der Waals surface area contributed by atoms with Gasteiger partial charge in [-0.2, -0.15) is 0 Å². The highest BCUT2D eigenvalue weighted by Gasteiger charge is 2.23. The predicted molar refractivity (Wildman–Crippen MR) is 93.6 cm³/mol. The summed E-state index contributed by atoms with van der Waals surface area (Å²) in [5.74, 6) is 0.819. The Bertz CT molecular complexity index is 663. The molecule has 0 saturated carbocycles. The lowest BCUT2D eigenvalue weighted by molar-refractivity contribution is -0.114. The number of hydrogen-bond acceptors (Lipinski definition) is 3. The first-order chi connectivity index (χ1) is 10.9. The number of rotatable bonds is 6. The van der Waals surface area contributed by atoms with Crippen LogP contribution in [0.25, 0.3) is 0 Å². The zero-order valence-corrected chi connectivity index (χ0v) is 14.1. The van der Waals surface area contributed by atoms with E-state index in [9.17, 15) is 4.79 Å². The maximum absolute atomic E-state index is 11.0. The Hall–Kier alpha value is -2.33. The first kappa shape index (κ1) is 17.0. The van der Waals surface area contributed by atoms with Crippen LogP contribution in [0.1, 0.15) is 31.9 Å². The van der Waals surface area contributed by atoms with Crippen molar-refractivity contribution in [3.8, 4) is 5.75 Å². The number of carbonyl (C=O) groups is 1. The molecule has 2 aromatic rings. The van der Waals surface area contributed by atoms with E-state index in [2.05, 4.69) is 30.5 Å². The van der Waals surface area contributed by atoms with E-state index in [0.717, 1.165) is 29.1 Å². The lowest BCUT2D eigenvalue weighted by Gasteiger charge is -2.28. The molecular weight excluding hydrogens is 288 g/mol. The SMILES string of the molecule is COc1ccccc1C(C)(C)NCc1ccc(NC(C)=O)cc1. The maximum Gasteiger partial charge on any atom is 0.221 e. The van der Waals surface area contributed by atoms with Gasteiger partial charge in [0.15, 0.2) is 0 Å². The van der Waals surface area contributed by atoms with E-state index in [-0.39, 0.29) is 11.4 Å². The molecule has 0 fully saturated rings. The minimum absolute atomic E-state index is 0.0619. The molecule has 23 heavy (non-hydrogen) atoms. The van der Waals surface area contributed by atoms with Crippen LogP contribution in [0.15, 0.2) is 48.5 Å². The summed E-state index contributed by atoms with van der Waals surface area (Å²) in [5, 5.41) is 6.33. The molecule has 0 spiro atoms. The molecule has 2 N–H and O–H groups in total. The average Bonchev–Trinajstić information content (AvgIpc) is 2.53. The molecule has 0 radical (unpaired) electrons. The summed E-state index contributed by atoms with van der Waals surface area (Å²) in [7, 11) is 1.69. The number of para-hydroxylation sites is 1. The molecule has 0 heterocycles. The Morgan fingerprint density at radius 3 is 2.35 bits per heavy atom. The van der Waals surface area contributed by atoms with E-state index in [1.807, 2.05) is 42.5 Å². The number of ether oxygens (including phenoxy) is 1. The minimum Gasteiger partial charge on any atom is -0.496 e. The van der Waals surface area contributed by atoms with Gasteiger partial charge in [0.05, 0.1) is 7.11 Å². The second-order valence-corrected chi connectivity index (χ2v) is 6.06. The van der Waals surface area contributed by atoms with Gasteiger partial charge in [0, 0.05) is 30.3 Å². The zero-order valence-electron chi connectivity index (χ0n) is 14.1. The van der Waals surface area contributed by atoms with Gasteiger partial charge in [-0.25, -0.2) is 0 Å². The normalized spacial score (nSPS) is 11.1. The van der Waals surface area contributed by atoms with Crippen molar-refractivity contribution in [2.75, 3.05) is 12.4 Å². The van der Waals surface area contributed by atoms with Crippen molar-refractivity contribution in [3.05, 3.63) is 59.7 Å². The molecule has 0 unspecified atom stereocenters. The Labute approximate surface area is 137 Å². The first-order valence-electron chi connectivity index (χ1n) is 7.67. The van der Waals surface area contributed by atoms with Gasteiger partial charge in [0.25, 0.3) is 0 Å². The lowest BCUT2D eigenvalue weighted by Crippen LogP contribution is -2.36. The molecule has 122 valence electrons. The Kier molecular flexibility index (Phi) is 5.40. The lowest BCUT2D eigenvalue weighted by atomic mass is 9.93. The van der Waals surface area contributed by atoms with Crippen LogP contribution in [0, 0.1) is 0 Å². The number of methoxy groups -OCH3 is 1. The number of carbonyl (C=O) groups excluding carboxylic acids is 1. The van der Waals surface area contributed by atoms with Crippen LogP contribution in [-0.4, -0.2) is 13.0 Å². The van der Waals surface area contributed by atoms with E-state index >= 15 is 0 Å². The fraction of sp³-hybridized carbons (Fsp3) is 0.316. The highest BCUT2D eigenvalue weighted by molar-refractivity contribution is 5.88. The molecule has 0 aliphatic heterocycles. The first-order valence-corrected chi connectivity index (χ1v) is 7.67. The molecule has 1 amide bonds. The summed E-state index contributed by atoms with van der Waals surface area (Å²) in [6.45, 7) is 6.50. The van der Waals surface area contributed by atoms with E-state index in [1.54, 1.807) is 7.11 Å². The summed E-state index contributed by atoms with van der Waals surface area (Å²) in [4.78, 5) is 11.0. The molecule has 2 rings (SSSR count). The average molecular weight is 312 g/mol. The van der Waals surface area contributed by atoms with Crippen LogP contribution < -0.4 is 15.4 Å². The van der Waals surface area contributed by atoms with E-state index in [4.69, 9.17) is 4.74 Å². The molecule has 4 heteroatoms. The molecule has 4 nitrogen and oxygen atoms in total. The molecular formula is C19H24N2O2. The Morgan fingerprint density at radius 1 is 1.09 bits per heavy atom. The van der Waals surface area contributed by atoms with E-state index in [0.29, 0.717) is 0 Å². The van der Waals surface area contributed by atoms with Gasteiger partial charge < -0.3 is 15.4 Å². The third-order valence-electron chi connectivity index (χ3n) is 3.79. The molecule has 2 aromatic carbocycles. The van der Waals surface area contributed by atoms with Crippen LogP contribution in [0.5, 0.6) is 5.75 Å². The summed E-state index contributed by atoms with van der Waals surface area (Å²) >= 11 is 0. The highest BCUT2D eigenvalue weighted by Crippen LogP contribution is 2.29. The van der Waals surface area contributed by atoms with Crippen molar-refractivity contribution in [1.29, 1.82) is 0 Å². The Balaban J connectivity index is 2.05. The maximum atomic E-state index is 11.0. The molecule has 0 bridgehead atoms. The Morgan fingerprint density at radius 2 is 1.74 bits per heavy atom. The van der Waals surface area contributed by atoms with Crippen LogP contribution in [0.3, 0.4) is 0 Å². The summed E-state index contributed by atoms with van der Waals surface area (Å²) in [6.07, 6.45) is 0. The smallest absolute Gasteiger partial charge is 0.221 e. The molecule has 0 aromatic heterocycles. The fourth-order valence-electron chi connectivity index (χ4n) is 2.49. The molecule has 0 aliphatic carbocycles. The van der Waals surface area contributed by atoms with Crippen molar-refractivity contribution in [2.24, 2.45) is 0 Å². The van der Waals surface area contributed by atoms with Crippen LogP contribution in [-0.2, 0) is 16.9 Å². The fourth-order valence-corrected chi connectivity index (χ4v) is 2.49. The van der Waals surface area contributed by atoms with E-state index in [1.165, 1.54) is 6.92 Å². The van der Waals surface area contributed by atoms with Crippen LogP contribution in [0.4, 0.5) is 5.69 Å². The zero-order chi connectivity index (χ0) is 16.9. The van der Waals surface area contributed by atoms with Gasteiger partial charge in [0.2, 0.25) is 5.91 Å². The van der Waals surface area contributed by atoms with Crippen molar-refractivity contribution in [2.45, 2.75) is 32.9 Å². The second kappa shape index (κ2) is 7.29. The summed E-state index contributed by atoms with van der Waals surface area (Å²) in [5.41, 5.74) is 2.87. The second-order valence-electron chi connectivity index (χ2n) is 6.06. The van der Waals surface area contributed by atoms with Gasteiger partial charge in [0.1, 0.15) is 5.75 Å². The topological polar surface area (TPSA) is 50.4 Å². The largest absolute Gasteiger partial charge is 0.496 e. The molecule has 0 aliphatic rings. The number of benzene rings is 2. The van der Waals surface area contributed by atoms with Crippen molar-refractivity contribution >= 4 is 11.6 Å². The van der Waals surface area contributed by atoms with E-state index < -0.39 is 0 Å². The third-order valence-corrected chi connectivity index (χ3v) is 3.79. The standard InChI is InChI=1S/C19H24N2O2/c1-14(22)21-16-11-9-15(10-12-16)13-20-19(2,3)17-7-5-6-8-18(17)23-4/h5-12,20H,13H2,1-4H3,(H,21,22). The number of amides is 1. The van der Waals surface area contributed by atoms with Crippen molar-refractivity contribution in [1.82, 2.24) is 5.32 Å². The highest BCUT2D eigenvalue weighted by atomic mass is 16.5. The van der Waals surface area contributed by atoms with Gasteiger partial charge >= 0.3 is 0 Å². The van der Waals surface area contributed by atoms with Gasteiger partial charge in [-0.3, -0.25) is 4.79 Å². The predicted octanol–water partition coefficient (Wildman–Crippen LogP) is 3.68. The van der Waals surface area contributed by atoms with Crippen molar-refractivity contribution in [3.63, 3.8) is 0 Å². The number of hydrogen-bond donors (Lipinski definition) is 2. The summed E-state index contributed by atoms with van der Waals surface area (Å²) in [6, 6.07) is 15.9. The molecule has 0 saturated heterocycles. The van der Waals surface area contributed by atoms with Crippen LogP contribution in [0.2, 0.25) is 0 Å². The molecule has 0 atom stereocenters. The quantitative estimate of drug-likeness (QED) is 0.855. The van der Waals surface area contributed by atoms with Crippen molar-refractivity contribution < 1.29 is 9.53 Å². The van der Waals surface area contributed by atoms with Gasteiger partial charge in [-0.1, -0.05) is 30.3 Å². The third kappa shape index (κ3) is 4.57. The number of anilines is 1.